The van der Waals surface area contributed by atoms with Crippen LogP contribution in [0.25, 0.3) is 0 Å². The third kappa shape index (κ3) is 2.15. The zero-order valence-electron chi connectivity index (χ0n) is 11.8. The molecule has 1 aromatic heterocycles. The van der Waals surface area contributed by atoms with Crippen molar-refractivity contribution in [3.63, 3.8) is 0 Å². The monoisotopic (exact) mass is 246 g/mol. The van der Waals surface area contributed by atoms with Gasteiger partial charge in [0.05, 0.1) is 18.2 Å². The number of nitriles is 1. The Kier molecular flexibility index (Phi) is 3.72. The van der Waals surface area contributed by atoms with Crippen molar-refractivity contribution >= 4 is 0 Å². The standard InChI is InChI=1S/C14H22N4/c1-10(7-8-15)18-9-5-6-13(18)14-11(2)16-17(4)12(14)3/h10,13H,5-7,9H2,1-4H3/t10-,13+/m0/s1. The van der Waals surface area contributed by atoms with E-state index in [1.54, 1.807) is 0 Å². The van der Waals surface area contributed by atoms with Gasteiger partial charge < -0.3 is 0 Å². The number of rotatable bonds is 3. The Morgan fingerprint density at radius 3 is 2.78 bits per heavy atom. The van der Waals surface area contributed by atoms with Crippen molar-refractivity contribution in [3.05, 3.63) is 17.0 Å². The Morgan fingerprint density at radius 2 is 2.22 bits per heavy atom. The van der Waals surface area contributed by atoms with Gasteiger partial charge in [0, 0.05) is 30.4 Å². The Balaban J connectivity index is 2.29. The van der Waals surface area contributed by atoms with E-state index >= 15 is 0 Å². The average molecular weight is 246 g/mol. The van der Waals surface area contributed by atoms with E-state index in [9.17, 15) is 0 Å². The molecule has 1 aliphatic rings. The number of aromatic nitrogens is 2. The third-order valence-corrected chi connectivity index (χ3v) is 4.15. The molecule has 0 N–H and O–H groups in total. The van der Waals surface area contributed by atoms with Gasteiger partial charge in [-0.25, -0.2) is 0 Å². The van der Waals surface area contributed by atoms with E-state index in [1.165, 1.54) is 24.1 Å². The number of likely N-dealkylation sites (tertiary alicyclic amines) is 1. The molecule has 2 rings (SSSR count). The second-order valence-electron chi connectivity index (χ2n) is 5.32. The summed E-state index contributed by atoms with van der Waals surface area (Å²) in [5.74, 6) is 0. The molecule has 0 saturated carbocycles. The number of aryl methyl sites for hydroxylation is 2. The maximum Gasteiger partial charge on any atom is 0.0644 e. The first-order valence-corrected chi connectivity index (χ1v) is 6.69. The molecule has 1 fully saturated rings. The van der Waals surface area contributed by atoms with E-state index in [1.807, 2.05) is 11.7 Å². The van der Waals surface area contributed by atoms with Gasteiger partial charge in [0.25, 0.3) is 0 Å². The van der Waals surface area contributed by atoms with Crippen LogP contribution in [0.15, 0.2) is 0 Å². The lowest BCUT2D eigenvalue weighted by molar-refractivity contribution is 0.194. The molecule has 1 aliphatic heterocycles. The predicted octanol–water partition coefficient (Wildman–Crippen LogP) is 2.48. The number of hydrogen-bond acceptors (Lipinski definition) is 3. The van der Waals surface area contributed by atoms with E-state index in [4.69, 9.17) is 5.26 Å². The Hall–Kier alpha value is -1.34. The van der Waals surface area contributed by atoms with Gasteiger partial charge in [-0.2, -0.15) is 10.4 Å². The molecule has 0 aliphatic carbocycles. The highest BCUT2D eigenvalue weighted by atomic mass is 15.3. The fourth-order valence-corrected chi connectivity index (χ4v) is 3.15. The quantitative estimate of drug-likeness (QED) is 0.823. The van der Waals surface area contributed by atoms with Gasteiger partial charge in [0.15, 0.2) is 0 Å². The fraction of sp³-hybridized carbons (Fsp3) is 0.714. The Morgan fingerprint density at radius 1 is 1.50 bits per heavy atom. The molecule has 4 heteroatoms. The van der Waals surface area contributed by atoms with Crippen molar-refractivity contribution in [2.24, 2.45) is 7.05 Å². The molecule has 0 spiro atoms. The molecule has 18 heavy (non-hydrogen) atoms. The molecule has 98 valence electrons. The lowest BCUT2D eigenvalue weighted by Gasteiger charge is -2.29. The van der Waals surface area contributed by atoms with Crippen molar-refractivity contribution in [1.29, 1.82) is 5.26 Å². The van der Waals surface area contributed by atoms with Crippen molar-refractivity contribution in [3.8, 4) is 6.07 Å². The SMILES string of the molecule is Cc1nn(C)c(C)c1[C@H]1CCCN1[C@@H](C)CC#N. The van der Waals surface area contributed by atoms with Crippen molar-refractivity contribution in [2.45, 2.75) is 52.1 Å². The zero-order chi connectivity index (χ0) is 13.3. The number of hydrogen-bond donors (Lipinski definition) is 0. The van der Waals surface area contributed by atoms with Crippen LogP contribution in [-0.2, 0) is 7.05 Å². The van der Waals surface area contributed by atoms with Gasteiger partial charge >= 0.3 is 0 Å². The second kappa shape index (κ2) is 5.11. The predicted molar refractivity (Wildman–Crippen MR) is 71.1 cm³/mol. The summed E-state index contributed by atoms with van der Waals surface area (Å²) in [4.78, 5) is 2.47. The smallest absolute Gasteiger partial charge is 0.0644 e. The van der Waals surface area contributed by atoms with E-state index < -0.39 is 0 Å². The molecule has 0 amide bonds. The summed E-state index contributed by atoms with van der Waals surface area (Å²) in [6.45, 7) is 7.48. The fourth-order valence-electron chi connectivity index (χ4n) is 3.15. The molecule has 0 aromatic carbocycles. The van der Waals surface area contributed by atoms with Crippen LogP contribution in [0.5, 0.6) is 0 Å². The number of nitrogens with zero attached hydrogens (tertiary/aromatic N) is 4. The van der Waals surface area contributed by atoms with Crippen LogP contribution in [-0.4, -0.2) is 27.3 Å². The average Bonchev–Trinajstić information content (AvgIpc) is 2.86. The van der Waals surface area contributed by atoms with E-state index in [-0.39, 0.29) is 0 Å². The maximum atomic E-state index is 8.87. The molecule has 2 heterocycles. The van der Waals surface area contributed by atoms with E-state index in [0.717, 1.165) is 12.2 Å². The molecular weight excluding hydrogens is 224 g/mol. The lowest BCUT2D eigenvalue weighted by Crippen LogP contribution is -2.32. The summed E-state index contributed by atoms with van der Waals surface area (Å²) in [7, 11) is 2.00. The minimum atomic E-state index is 0.335. The normalized spacial score (nSPS) is 22.1. The second-order valence-corrected chi connectivity index (χ2v) is 5.32. The van der Waals surface area contributed by atoms with Crippen LogP contribution in [0.3, 0.4) is 0 Å². The third-order valence-electron chi connectivity index (χ3n) is 4.15. The summed E-state index contributed by atoms with van der Waals surface area (Å²) in [5, 5.41) is 13.4. The van der Waals surface area contributed by atoms with Crippen molar-refractivity contribution in [1.82, 2.24) is 14.7 Å². The highest BCUT2D eigenvalue weighted by Gasteiger charge is 2.32. The van der Waals surface area contributed by atoms with E-state index in [0.29, 0.717) is 18.5 Å². The highest BCUT2D eigenvalue weighted by Crippen LogP contribution is 2.37. The maximum absolute atomic E-state index is 8.87. The van der Waals surface area contributed by atoms with Crippen molar-refractivity contribution < 1.29 is 0 Å². The Labute approximate surface area is 109 Å². The van der Waals surface area contributed by atoms with Crippen LogP contribution in [0.2, 0.25) is 0 Å². The van der Waals surface area contributed by atoms with Crippen LogP contribution >= 0.6 is 0 Å². The molecule has 1 saturated heterocycles. The molecule has 0 unspecified atom stereocenters. The largest absolute Gasteiger partial charge is 0.292 e. The topological polar surface area (TPSA) is 44.9 Å². The van der Waals surface area contributed by atoms with Gasteiger partial charge in [-0.1, -0.05) is 0 Å². The minimum absolute atomic E-state index is 0.335. The molecule has 0 bridgehead atoms. The summed E-state index contributed by atoms with van der Waals surface area (Å²) >= 11 is 0. The zero-order valence-corrected chi connectivity index (χ0v) is 11.8. The Bertz CT molecular complexity index is 469. The van der Waals surface area contributed by atoms with Gasteiger partial charge in [-0.3, -0.25) is 9.58 Å². The molecule has 0 radical (unpaired) electrons. The summed E-state index contributed by atoms with van der Waals surface area (Å²) in [6.07, 6.45) is 3.01. The van der Waals surface area contributed by atoms with Gasteiger partial charge in [-0.15, -0.1) is 0 Å². The first-order valence-electron chi connectivity index (χ1n) is 6.69. The summed E-state index contributed by atoms with van der Waals surface area (Å²) < 4.78 is 1.97. The first kappa shape index (κ1) is 13.1. The minimum Gasteiger partial charge on any atom is -0.292 e. The molecule has 4 nitrogen and oxygen atoms in total. The van der Waals surface area contributed by atoms with Crippen LogP contribution in [0, 0.1) is 25.2 Å². The van der Waals surface area contributed by atoms with Gasteiger partial charge in [-0.05, 0) is 40.2 Å². The molecule has 2 atom stereocenters. The van der Waals surface area contributed by atoms with Crippen molar-refractivity contribution in [2.75, 3.05) is 6.54 Å². The van der Waals surface area contributed by atoms with Crippen LogP contribution < -0.4 is 0 Å². The molecular formula is C14H22N4. The van der Waals surface area contributed by atoms with Crippen LogP contribution in [0.4, 0.5) is 0 Å². The first-order chi connectivity index (χ1) is 8.56. The van der Waals surface area contributed by atoms with Gasteiger partial charge in [0.2, 0.25) is 0 Å². The highest BCUT2D eigenvalue weighted by molar-refractivity contribution is 5.29. The summed E-state index contributed by atoms with van der Waals surface area (Å²) in [5.41, 5.74) is 3.77. The summed E-state index contributed by atoms with van der Waals surface area (Å²) in [6, 6.07) is 3.07. The van der Waals surface area contributed by atoms with Crippen LogP contribution in [0.1, 0.15) is 49.2 Å². The van der Waals surface area contributed by atoms with E-state index in [2.05, 4.69) is 36.8 Å². The molecule has 1 aromatic rings. The lowest BCUT2D eigenvalue weighted by atomic mass is 10.0. The van der Waals surface area contributed by atoms with Gasteiger partial charge in [0.1, 0.15) is 0 Å².